The molecule has 3 rings (SSSR count). The van der Waals surface area contributed by atoms with Crippen LogP contribution in [0.5, 0.6) is 0 Å². The second-order valence-electron chi connectivity index (χ2n) is 7.66. The van der Waals surface area contributed by atoms with Crippen LogP contribution in [-0.4, -0.2) is 64.8 Å². The number of rotatable bonds is 2. The van der Waals surface area contributed by atoms with Crippen molar-refractivity contribution >= 4 is 17.5 Å². The van der Waals surface area contributed by atoms with Crippen LogP contribution in [0.1, 0.15) is 42.1 Å². The Labute approximate surface area is 180 Å². The molecule has 2 heterocycles. The molecular weight excluding hydrogens is 404 g/mol. The smallest absolute Gasteiger partial charge is 0.257 e. The Morgan fingerprint density at radius 2 is 1.65 bits per heavy atom. The van der Waals surface area contributed by atoms with E-state index in [0.717, 1.165) is 25.2 Å². The van der Waals surface area contributed by atoms with Gasteiger partial charge in [0, 0.05) is 44.5 Å². The molecule has 2 aromatic rings. The third-order valence-electron chi connectivity index (χ3n) is 5.36. The molecular formula is C22H27F2N5O2. The fourth-order valence-electron chi connectivity index (χ4n) is 3.72. The van der Waals surface area contributed by atoms with E-state index < -0.39 is 11.6 Å². The van der Waals surface area contributed by atoms with E-state index in [1.165, 1.54) is 23.6 Å². The van der Waals surface area contributed by atoms with E-state index in [2.05, 4.69) is 14.9 Å². The molecule has 0 saturated carbocycles. The molecule has 166 valence electrons. The van der Waals surface area contributed by atoms with E-state index in [1.807, 2.05) is 7.05 Å². The average molecular weight is 431 g/mol. The first-order valence-corrected chi connectivity index (χ1v) is 10.4. The van der Waals surface area contributed by atoms with Crippen LogP contribution < -0.4 is 4.90 Å². The normalized spacial score (nSPS) is 16.3. The van der Waals surface area contributed by atoms with Crippen LogP contribution in [0.4, 0.5) is 14.5 Å². The molecule has 0 atom stereocenters. The summed E-state index contributed by atoms with van der Waals surface area (Å²) in [6.45, 7) is 4.08. The van der Waals surface area contributed by atoms with Crippen molar-refractivity contribution in [3.8, 4) is 0 Å². The third-order valence-corrected chi connectivity index (χ3v) is 5.36. The Bertz CT molecular complexity index is 926. The van der Waals surface area contributed by atoms with E-state index in [0.29, 0.717) is 42.7 Å². The lowest BCUT2D eigenvalue weighted by Crippen LogP contribution is -2.38. The zero-order chi connectivity index (χ0) is 22.4. The van der Waals surface area contributed by atoms with Crippen molar-refractivity contribution in [3.05, 3.63) is 53.6 Å². The number of aromatic nitrogens is 2. The van der Waals surface area contributed by atoms with Crippen LogP contribution in [0.15, 0.2) is 30.9 Å². The summed E-state index contributed by atoms with van der Waals surface area (Å²) in [5.41, 5.74) is 1.00. The maximum atomic E-state index is 14.2. The van der Waals surface area contributed by atoms with Gasteiger partial charge in [-0.25, -0.2) is 18.7 Å². The van der Waals surface area contributed by atoms with Crippen LogP contribution in [0, 0.1) is 11.6 Å². The largest absolute Gasteiger partial charge is 0.334 e. The zero-order valence-electron chi connectivity index (χ0n) is 17.9. The van der Waals surface area contributed by atoms with Crippen molar-refractivity contribution in [1.29, 1.82) is 0 Å². The lowest BCUT2D eigenvalue weighted by molar-refractivity contribution is -0.118. The Morgan fingerprint density at radius 1 is 1.00 bits per heavy atom. The summed E-state index contributed by atoms with van der Waals surface area (Å²) < 4.78 is 28.3. The Kier molecular flexibility index (Phi) is 7.62. The number of nitrogens with zero attached hydrogens (tertiary/aromatic N) is 5. The number of hydrogen-bond acceptors (Lipinski definition) is 5. The van der Waals surface area contributed by atoms with E-state index in [4.69, 9.17) is 0 Å². The summed E-state index contributed by atoms with van der Waals surface area (Å²) in [6, 6.07) is 2.14. The lowest BCUT2D eigenvalue weighted by Gasteiger charge is -2.30. The summed E-state index contributed by atoms with van der Waals surface area (Å²) in [5, 5.41) is 0. The van der Waals surface area contributed by atoms with Gasteiger partial charge in [0.15, 0.2) is 11.6 Å². The number of amides is 2. The van der Waals surface area contributed by atoms with E-state index in [-0.39, 0.29) is 24.8 Å². The first-order chi connectivity index (χ1) is 14.9. The monoisotopic (exact) mass is 431 g/mol. The topological polar surface area (TPSA) is 69.6 Å². The van der Waals surface area contributed by atoms with Crippen LogP contribution in [0.2, 0.25) is 0 Å². The van der Waals surface area contributed by atoms with E-state index in [9.17, 15) is 18.4 Å². The second kappa shape index (κ2) is 10.4. The lowest BCUT2D eigenvalue weighted by atomic mass is 10.1. The van der Waals surface area contributed by atoms with Gasteiger partial charge in [0.05, 0.1) is 11.3 Å². The number of carbonyl (C=O) groups is 2. The molecule has 0 fully saturated rings. The minimum atomic E-state index is -1.02. The molecule has 0 N–H and O–H groups in total. The summed E-state index contributed by atoms with van der Waals surface area (Å²) in [4.78, 5) is 38.8. The van der Waals surface area contributed by atoms with Crippen molar-refractivity contribution < 1.29 is 18.4 Å². The quantitative estimate of drug-likeness (QED) is 0.731. The molecule has 7 nitrogen and oxygen atoms in total. The third kappa shape index (κ3) is 5.61. The van der Waals surface area contributed by atoms with Crippen LogP contribution in [-0.2, 0) is 11.3 Å². The summed E-state index contributed by atoms with van der Waals surface area (Å²) in [6.07, 6.45) is 5.84. The van der Waals surface area contributed by atoms with E-state index in [1.54, 1.807) is 11.8 Å². The highest BCUT2D eigenvalue weighted by Gasteiger charge is 2.24. The van der Waals surface area contributed by atoms with Gasteiger partial charge in [-0.2, -0.15) is 0 Å². The number of hydrogen-bond donors (Lipinski definition) is 0. The maximum Gasteiger partial charge on any atom is 0.257 e. The molecule has 0 spiro atoms. The van der Waals surface area contributed by atoms with Crippen molar-refractivity contribution in [2.45, 2.75) is 32.7 Å². The van der Waals surface area contributed by atoms with Crippen LogP contribution in [0.25, 0.3) is 0 Å². The first-order valence-electron chi connectivity index (χ1n) is 10.4. The molecule has 0 bridgehead atoms. The molecule has 1 aromatic heterocycles. The standard InChI is InChI=1S/C22H27F2N5O2/c1-3-21(30)29-9-5-7-27(2)6-4-8-28(22(31)17-12-25-15-26-13-17)14-16-10-18(23)19(24)11-20(16)29/h10-13,15H,3-9,14H2,1-2H3. The van der Waals surface area contributed by atoms with Crippen molar-refractivity contribution in [2.24, 2.45) is 0 Å². The van der Waals surface area contributed by atoms with Gasteiger partial charge in [-0.05, 0) is 44.6 Å². The number of anilines is 1. The fourth-order valence-corrected chi connectivity index (χ4v) is 3.72. The van der Waals surface area contributed by atoms with Gasteiger partial charge in [0.2, 0.25) is 5.91 Å². The Morgan fingerprint density at radius 3 is 2.32 bits per heavy atom. The maximum absolute atomic E-state index is 14.2. The van der Waals surface area contributed by atoms with Gasteiger partial charge >= 0.3 is 0 Å². The average Bonchev–Trinajstić information content (AvgIpc) is 2.77. The van der Waals surface area contributed by atoms with Crippen LogP contribution in [0.3, 0.4) is 0 Å². The van der Waals surface area contributed by atoms with Gasteiger partial charge in [-0.1, -0.05) is 6.92 Å². The number of carbonyl (C=O) groups excluding carboxylic acids is 2. The van der Waals surface area contributed by atoms with Gasteiger partial charge < -0.3 is 14.7 Å². The van der Waals surface area contributed by atoms with Crippen molar-refractivity contribution in [3.63, 3.8) is 0 Å². The minimum Gasteiger partial charge on any atom is -0.334 e. The zero-order valence-corrected chi connectivity index (χ0v) is 17.9. The molecule has 0 radical (unpaired) electrons. The number of benzene rings is 1. The Balaban J connectivity index is 2.04. The second-order valence-corrected chi connectivity index (χ2v) is 7.66. The Hall–Kier alpha value is -2.94. The molecule has 0 saturated heterocycles. The molecule has 0 unspecified atom stereocenters. The SMILES string of the molecule is CCC(=O)N1CCCN(C)CCCN(C(=O)c2cncnc2)Cc2cc(F)c(F)cc21. The molecule has 9 heteroatoms. The first kappa shape index (κ1) is 22.7. The molecule has 1 aromatic carbocycles. The van der Waals surface area contributed by atoms with Crippen molar-refractivity contribution in [2.75, 3.05) is 38.1 Å². The highest BCUT2D eigenvalue weighted by atomic mass is 19.2. The number of fused-ring (bicyclic) bond motifs is 1. The molecule has 1 aliphatic heterocycles. The molecule has 31 heavy (non-hydrogen) atoms. The number of halogens is 2. The summed E-state index contributed by atoms with van der Waals surface area (Å²) >= 11 is 0. The van der Waals surface area contributed by atoms with Gasteiger partial charge in [-0.3, -0.25) is 9.59 Å². The van der Waals surface area contributed by atoms with Gasteiger partial charge in [0.1, 0.15) is 6.33 Å². The van der Waals surface area contributed by atoms with Gasteiger partial charge in [-0.15, -0.1) is 0 Å². The van der Waals surface area contributed by atoms with Gasteiger partial charge in [0.25, 0.3) is 5.91 Å². The van der Waals surface area contributed by atoms with Crippen LogP contribution >= 0.6 is 0 Å². The van der Waals surface area contributed by atoms with E-state index >= 15 is 0 Å². The summed E-state index contributed by atoms with van der Waals surface area (Å²) in [7, 11) is 1.98. The summed E-state index contributed by atoms with van der Waals surface area (Å²) in [5.74, 6) is -2.51. The predicted molar refractivity (Wildman–Crippen MR) is 113 cm³/mol. The molecule has 2 amide bonds. The highest BCUT2D eigenvalue weighted by molar-refractivity contribution is 5.95. The highest BCUT2D eigenvalue weighted by Crippen LogP contribution is 2.27. The fraction of sp³-hybridized carbons (Fsp3) is 0.455. The predicted octanol–water partition coefficient (Wildman–Crippen LogP) is 2.87. The van der Waals surface area contributed by atoms with Crippen molar-refractivity contribution in [1.82, 2.24) is 19.8 Å². The molecule has 1 aliphatic rings. The minimum absolute atomic E-state index is 0.0392. The molecule has 0 aliphatic carbocycles.